The van der Waals surface area contributed by atoms with Crippen LogP contribution in [0.1, 0.15) is 51.1 Å². The Balaban J connectivity index is 1.70. The van der Waals surface area contributed by atoms with Crippen molar-refractivity contribution in [3.63, 3.8) is 0 Å². The Hall–Kier alpha value is -1.95. The molecular weight excluding hydrogens is 347 g/mol. The Labute approximate surface area is 160 Å². The van der Waals surface area contributed by atoms with E-state index >= 15 is 0 Å². The number of hydrogen-bond donors (Lipinski definition) is 1. The summed E-state index contributed by atoms with van der Waals surface area (Å²) < 4.78 is 19.1. The minimum atomic E-state index is -0.300. The van der Waals surface area contributed by atoms with Gasteiger partial charge in [0.2, 0.25) is 11.8 Å². The van der Waals surface area contributed by atoms with Gasteiger partial charge in [-0.05, 0) is 43.4 Å². The highest BCUT2D eigenvalue weighted by molar-refractivity contribution is 5.82. The maximum absolute atomic E-state index is 13.3. The highest BCUT2D eigenvalue weighted by atomic mass is 19.1. The van der Waals surface area contributed by atoms with Gasteiger partial charge in [0.15, 0.2) is 0 Å². The van der Waals surface area contributed by atoms with Gasteiger partial charge in [0.1, 0.15) is 5.82 Å². The molecule has 148 valence electrons. The molecule has 2 aliphatic rings. The molecule has 0 aromatic heterocycles. The molecule has 2 fully saturated rings. The summed E-state index contributed by atoms with van der Waals surface area (Å²) in [6.45, 7) is 5.62. The second-order valence-electron chi connectivity index (χ2n) is 7.87. The molecule has 3 atom stereocenters. The molecule has 1 N–H and O–H groups in total. The van der Waals surface area contributed by atoms with Crippen molar-refractivity contribution in [3.05, 3.63) is 35.6 Å². The number of benzene rings is 1. The van der Waals surface area contributed by atoms with Gasteiger partial charge in [0, 0.05) is 25.6 Å². The fourth-order valence-corrected chi connectivity index (χ4v) is 3.95. The molecule has 2 saturated heterocycles. The summed E-state index contributed by atoms with van der Waals surface area (Å²) in [5.74, 6) is -0.537. The molecule has 5 nitrogen and oxygen atoms in total. The van der Waals surface area contributed by atoms with E-state index in [1.54, 1.807) is 17.0 Å². The zero-order valence-electron chi connectivity index (χ0n) is 16.1. The van der Waals surface area contributed by atoms with E-state index in [2.05, 4.69) is 5.32 Å². The average Bonchev–Trinajstić information content (AvgIpc) is 3.20. The maximum atomic E-state index is 13.3. The molecule has 27 heavy (non-hydrogen) atoms. The van der Waals surface area contributed by atoms with Crippen molar-refractivity contribution in [1.29, 1.82) is 0 Å². The molecule has 1 aromatic rings. The normalized spacial score (nSPS) is 24.1. The molecule has 1 aromatic carbocycles. The number of nitrogens with zero attached hydrogens (tertiary/aromatic N) is 1. The van der Waals surface area contributed by atoms with Crippen molar-refractivity contribution >= 4 is 11.8 Å². The predicted molar refractivity (Wildman–Crippen MR) is 100 cm³/mol. The van der Waals surface area contributed by atoms with Gasteiger partial charge in [-0.1, -0.05) is 26.0 Å². The number of hydrogen-bond acceptors (Lipinski definition) is 3. The lowest BCUT2D eigenvalue weighted by molar-refractivity contribution is -0.138. The van der Waals surface area contributed by atoms with Crippen LogP contribution in [-0.2, 0) is 14.3 Å². The van der Waals surface area contributed by atoms with Gasteiger partial charge in [0.25, 0.3) is 0 Å². The molecule has 0 saturated carbocycles. The predicted octanol–water partition coefficient (Wildman–Crippen LogP) is 3.06. The molecule has 6 heteroatoms. The third kappa shape index (κ3) is 4.86. The van der Waals surface area contributed by atoms with Crippen LogP contribution in [0.4, 0.5) is 4.39 Å². The summed E-state index contributed by atoms with van der Waals surface area (Å²) in [6.07, 6.45) is 3.33. The third-order valence-corrected chi connectivity index (χ3v) is 5.46. The first-order valence-electron chi connectivity index (χ1n) is 9.92. The van der Waals surface area contributed by atoms with E-state index in [0.717, 1.165) is 31.2 Å². The summed E-state index contributed by atoms with van der Waals surface area (Å²) in [6, 6.07) is 5.94. The number of amides is 2. The summed E-state index contributed by atoms with van der Waals surface area (Å²) >= 11 is 0. The number of carbonyl (C=O) groups excluding carboxylic acids is 2. The SMILES string of the molecule is CC(C)C(=O)N1CCC[C@H](C(=O)N[C@@H](c2ccc(F)cc2)[C@H]2CCCO2)C1. The van der Waals surface area contributed by atoms with Crippen LogP contribution in [0.15, 0.2) is 24.3 Å². The number of likely N-dealkylation sites (tertiary alicyclic amines) is 1. The smallest absolute Gasteiger partial charge is 0.225 e. The second kappa shape index (κ2) is 8.83. The van der Waals surface area contributed by atoms with E-state index in [1.807, 2.05) is 13.8 Å². The summed E-state index contributed by atoms with van der Waals surface area (Å²) in [5.41, 5.74) is 0.850. The van der Waals surface area contributed by atoms with Crippen molar-refractivity contribution in [2.75, 3.05) is 19.7 Å². The Bertz CT molecular complexity index is 656. The largest absolute Gasteiger partial charge is 0.376 e. The van der Waals surface area contributed by atoms with Gasteiger partial charge in [-0.25, -0.2) is 4.39 Å². The Morgan fingerprint density at radius 1 is 1.19 bits per heavy atom. The Kier molecular flexibility index (Phi) is 6.47. The number of rotatable bonds is 5. The van der Waals surface area contributed by atoms with Gasteiger partial charge >= 0.3 is 0 Å². The zero-order valence-corrected chi connectivity index (χ0v) is 16.1. The van der Waals surface area contributed by atoms with Crippen LogP contribution in [-0.4, -0.2) is 42.5 Å². The minimum absolute atomic E-state index is 0.0546. The summed E-state index contributed by atoms with van der Waals surface area (Å²) in [5, 5.41) is 3.13. The molecule has 2 heterocycles. The van der Waals surface area contributed by atoms with Crippen molar-refractivity contribution in [3.8, 4) is 0 Å². The molecule has 2 aliphatic heterocycles. The van der Waals surface area contributed by atoms with Gasteiger partial charge in [-0.15, -0.1) is 0 Å². The first-order chi connectivity index (χ1) is 13.0. The Morgan fingerprint density at radius 2 is 1.93 bits per heavy atom. The van der Waals surface area contributed by atoms with Crippen molar-refractivity contribution in [1.82, 2.24) is 10.2 Å². The molecule has 0 bridgehead atoms. The van der Waals surface area contributed by atoms with Crippen LogP contribution >= 0.6 is 0 Å². The molecule has 2 amide bonds. The first-order valence-corrected chi connectivity index (χ1v) is 9.92. The van der Waals surface area contributed by atoms with Gasteiger partial charge < -0.3 is 15.0 Å². The van der Waals surface area contributed by atoms with Gasteiger partial charge in [0.05, 0.1) is 18.1 Å². The van der Waals surface area contributed by atoms with Crippen LogP contribution in [0, 0.1) is 17.7 Å². The van der Waals surface area contributed by atoms with Crippen LogP contribution in [0.2, 0.25) is 0 Å². The molecule has 0 spiro atoms. The van der Waals surface area contributed by atoms with Crippen molar-refractivity contribution < 1.29 is 18.7 Å². The average molecular weight is 376 g/mol. The van der Waals surface area contributed by atoms with Crippen LogP contribution in [0.25, 0.3) is 0 Å². The lowest BCUT2D eigenvalue weighted by Gasteiger charge is -2.34. The molecule has 3 rings (SSSR count). The van der Waals surface area contributed by atoms with E-state index < -0.39 is 0 Å². The molecule has 0 unspecified atom stereocenters. The third-order valence-electron chi connectivity index (χ3n) is 5.46. The standard InChI is InChI=1S/C21H29FN2O3/c1-14(2)21(26)24-11-3-5-16(13-24)20(25)23-19(18-6-4-12-27-18)15-7-9-17(22)10-8-15/h7-10,14,16,18-19H,3-6,11-13H2,1-2H3,(H,23,25)/t16-,18+,19-/m0/s1. The second-order valence-corrected chi connectivity index (χ2v) is 7.87. The quantitative estimate of drug-likeness (QED) is 0.859. The zero-order chi connectivity index (χ0) is 19.4. The number of halogens is 1. The summed E-state index contributed by atoms with van der Waals surface area (Å²) in [7, 11) is 0. The van der Waals surface area contributed by atoms with Crippen LogP contribution in [0.5, 0.6) is 0 Å². The van der Waals surface area contributed by atoms with Gasteiger partial charge in [-0.3, -0.25) is 9.59 Å². The van der Waals surface area contributed by atoms with E-state index in [0.29, 0.717) is 19.7 Å². The van der Waals surface area contributed by atoms with E-state index in [9.17, 15) is 14.0 Å². The maximum Gasteiger partial charge on any atom is 0.225 e. The lowest BCUT2D eigenvalue weighted by atomic mass is 9.94. The summed E-state index contributed by atoms with van der Waals surface area (Å²) in [4.78, 5) is 27.1. The minimum Gasteiger partial charge on any atom is -0.376 e. The highest BCUT2D eigenvalue weighted by Gasteiger charge is 2.33. The van der Waals surface area contributed by atoms with Crippen molar-refractivity contribution in [2.45, 2.75) is 51.7 Å². The van der Waals surface area contributed by atoms with E-state index in [4.69, 9.17) is 4.74 Å². The number of carbonyl (C=O) groups is 2. The van der Waals surface area contributed by atoms with Gasteiger partial charge in [-0.2, -0.15) is 0 Å². The first kappa shape index (κ1) is 19.8. The number of piperidine rings is 1. The van der Waals surface area contributed by atoms with Crippen molar-refractivity contribution in [2.24, 2.45) is 11.8 Å². The highest BCUT2D eigenvalue weighted by Crippen LogP contribution is 2.28. The van der Waals surface area contributed by atoms with E-state index in [1.165, 1.54) is 12.1 Å². The lowest BCUT2D eigenvalue weighted by Crippen LogP contribution is -2.48. The monoisotopic (exact) mass is 376 g/mol. The van der Waals surface area contributed by atoms with Crippen LogP contribution < -0.4 is 5.32 Å². The van der Waals surface area contributed by atoms with E-state index in [-0.39, 0.29) is 41.6 Å². The molecular formula is C21H29FN2O3. The molecule has 0 radical (unpaired) electrons. The molecule has 0 aliphatic carbocycles. The topological polar surface area (TPSA) is 58.6 Å². The fourth-order valence-electron chi connectivity index (χ4n) is 3.95. The van der Waals surface area contributed by atoms with Crippen LogP contribution in [0.3, 0.4) is 0 Å². The number of nitrogens with one attached hydrogen (secondary N) is 1. The Morgan fingerprint density at radius 3 is 2.56 bits per heavy atom. The fraction of sp³-hybridized carbons (Fsp3) is 0.619. The number of ether oxygens (including phenoxy) is 1.